The van der Waals surface area contributed by atoms with E-state index in [1.807, 2.05) is 125 Å². The molecule has 0 fully saturated rings. The summed E-state index contributed by atoms with van der Waals surface area (Å²) in [5.41, 5.74) is 32.7. The molecule has 8 aromatic carbocycles. The SMILES string of the molecule is Brc1ccc2c(c1)-c1ccccc1C21c2ccccc2-c2ccccc21.C.CB(O)O.CC.CC.CC.CC.CC.CC.CC.CC.CCN.CCN.Cc1ccc2c(c1)-c1ccccc1C21c2ccccc2-c2ccccc21. The van der Waals surface area contributed by atoms with E-state index in [1.54, 1.807) is 0 Å². The van der Waals surface area contributed by atoms with E-state index in [9.17, 15) is 0 Å². The molecule has 79 heavy (non-hydrogen) atoms. The van der Waals surface area contributed by atoms with Crippen LogP contribution in [0.15, 0.2) is 186 Å². The second kappa shape index (κ2) is 40.3. The molecule has 0 bridgehead atoms. The summed E-state index contributed by atoms with van der Waals surface area (Å²) in [6.07, 6.45) is 0. The Morgan fingerprint density at radius 2 is 0.519 bits per heavy atom. The molecule has 4 aliphatic rings. The molecule has 2 spiro atoms. The highest BCUT2D eigenvalue weighted by molar-refractivity contribution is 9.10. The number of benzene rings is 8. The van der Waals surface area contributed by atoms with Crippen LogP contribution in [-0.2, 0) is 10.8 Å². The predicted octanol–water partition coefficient (Wildman–Crippen LogP) is 21.0. The van der Waals surface area contributed by atoms with Gasteiger partial charge < -0.3 is 21.5 Å². The van der Waals surface area contributed by atoms with Crippen LogP contribution in [0.5, 0.6) is 0 Å². The molecule has 0 unspecified atom stereocenters. The van der Waals surface area contributed by atoms with Crippen LogP contribution in [0.25, 0.3) is 44.5 Å². The molecular weight excluding hydrogens is 1030 g/mol. The summed E-state index contributed by atoms with van der Waals surface area (Å²) in [6.45, 7) is 40.8. The van der Waals surface area contributed by atoms with Gasteiger partial charge in [0.15, 0.2) is 0 Å². The Morgan fingerprint density at radius 3 is 0.759 bits per heavy atom. The Morgan fingerprint density at radius 1 is 0.342 bits per heavy atom. The van der Waals surface area contributed by atoms with E-state index in [4.69, 9.17) is 21.5 Å². The highest BCUT2D eigenvalue weighted by Gasteiger charge is 2.52. The smallest absolute Gasteiger partial charge is 0.427 e. The van der Waals surface area contributed by atoms with Gasteiger partial charge in [0.25, 0.3) is 0 Å². The van der Waals surface area contributed by atoms with Crippen molar-refractivity contribution in [2.45, 2.75) is 157 Å². The molecule has 428 valence electrons. The topological polar surface area (TPSA) is 92.5 Å². The highest BCUT2D eigenvalue weighted by atomic mass is 79.9. The minimum atomic E-state index is -1.17. The fourth-order valence-corrected chi connectivity index (χ4v) is 10.6. The minimum absolute atomic E-state index is 0. The van der Waals surface area contributed by atoms with Crippen molar-refractivity contribution >= 4 is 23.0 Å². The van der Waals surface area contributed by atoms with Gasteiger partial charge in [-0.15, -0.1) is 0 Å². The van der Waals surface area contributed by atoms with E-state index < -0.39 is 7.12 Å². The molecule has 6 heteroatoms. The van der Waals surface area contributed by atoms with Crippen LogP contribution in [0.4, 0.5) is 0 Å². The zero-order chi connectivity index (χ0) is 59.6. The van der Waals surface area contributed by atoms with Crippen LogP contribution >= 0.6 is 15.9 Å². The highest BCUT2D eigenvalue weighted by Crippen LogP contribution is 2.64. The van der Waals surface area contributed by atoms with Gasteiger partial charge in [0, 0.05) is 4.47 Å². The van der Waals surface area contributed by atoms with Gasteiger partial charge in [0.1, 0.15) is 0 Å². The summed E-state index contributed by atoms with van der Waals surface area (Å²) in [7, 11) is -1.17. The van der Waals surface area contributed by atoms with E-state index >= 15 is 0 Å². The number of halogens is 1. The van der Waals surface area contributed by atoms with Crippen LogP contribution in [0.2, 0.25) is 6.82 Å². The molecule has 8 aromatic rings. The molecule has 0 saturated carbocycles. The number of rotatable bonds is 0. The summed E-state index contributed by atoms with van der Waals surface area (Å²) in [5.74, 6) is 0. The van der Waals surface area contributed by atoms with Gasteiger partial charge >= 0.3 is 7.12 Å². The fourth-order valence-electron chi connectivity index (χ4n) is 10.3. The molecule has 0 heterocycles. The first-order chi connectivity index (χ1) is 38.2. The minimum Gasteiger partial charge on any atom is -0.427 e. The maximum atomic E-state index is 7.61. The number of hydrogen-bond acceptors (Lipinski definition) is 4. The fraction of sp³-hybridized carbons (Fsp3) is 0.342. The first-order valence-electron chi connectivity index (χ1n) is 29.5. The Balaban J connectivity index is 0. The van der Waals surface area contributed by atoms with Crippen molar-refractivity contribution in [1.29, 1.82) is 0 Å². The number of fused-ring (bicyclic) bond motifs is 20. The van der Waals surface area contributed by atoms with Gasteiger partial charge in [-0.05, 0) is 128 Å². The molecule has 0 aromatic heterocycles. The van der Waals surface area contributed by atoms with E-state index in [-0.39, 0.29) is 18.3 Å². The Kier molecular flexibility index (Phi) is 38.4. The number of nitrogens with two attached hydrogens (primary N) is 2. The van der Waals surface area contributed by atoms with Crippen molar-refractivity contribution < 1.29 is 10.0 Å². The van der Waals surface area contributed by atoms with Crippen LogP contribution < -0.4 is 11.5 Å². The molecule has 0 radical (unpaired) electrons. The normalized spacial score (nSPS) is 11.1. The third-order valence-electron chi connectivity index (χ3n) is 12.1. The molecule has 0 aliphatic heterocycles. The standard InChI is InChI=1S/C26H18.C25H15Br.2C2H7N.8C2H6.CH5BO2.CH4/c1-17-14-15-25-21(16-17)20-10-4-7-13-24(20)26(25)22-11-5-2-8-18(22)19-9-3-6-12-23(19)26;26-16-13-14-24-20(15-16)19-9-3-6-12-23(19)25(24)21-10-4-1-7-17(21)18-8-2-5-11-22(18)25;2*1-2-3;8*1-2;1-2(3)4;/h2-16H,1H3;1-15H;2*2-3H2,1H3;8*1-2H3;3-4H,1H3;1H4. The molecule has 12 rings (SSSR count). The number of hydrogen-bond donors (Lipinski definition) is 4. The average Bonchev–Trinajstić information content (AvgIpc) is 4.29. The Bertz CT molecular complexity index is 2620. The maximum Gasteiger partial charge on any atom is 0.448 e. The van der Waals surface area contributed by atoms with Crippen LogP contribution in [-0.4, -0.2) is 30.3 Å². The van der Waals surface area contributed by atoms with Crippen molar-refractivity contribution in [3.05, 3.63) is 237 Å². The van der Waals surface area contributed by atoms with Crippen LogP contribution in [0, 0.1) is 6.92 Å². The van der Waals surface area contributed by atoms with Gasteiger partial charge in [-0.25, -0.2) is 0 Å². The summed E-state index contributed by atoms with van der Waals surface area (Å²) in [5, 5.41) is 15.2. The van der Waals surface area contributed by atoms with E-state index in [0.717, 1.165) is 17.6 Å². The van der Waals surface area contributed by atoms with Crippen LogP contribution in [0.3, 0.4) is 0 Å². The second-order valence-electron chi connectivity index (χ2n) is 16.0. The zero-order valence-corrected chi connectivity index (χ0v) is 53.3. The first kappa shape index (κ1) is 75.2. The average molecular weight is 1130 g/mol. The molecule has 6 N–H and O–H groups in total. The van der Waals surface area contributed by atoms with Crippen molar-refractivity contribution in [2.75, 3.05) is 13.1 Å². The lowest BCUT2D eigenvalue weighted by atomic mass is 9.70. The summed E-state index contributed by atoms with van der Waals surface area (Å²) >= 11 is 3.68. The van der Waals surface area contributed by atoms with E-state index in [2.05, 4.69) is 205 Å². The monoisotopic (exact) mass is 1130 g/mol. The zero-order valence-electron chi connectivity index (χ0n) is 51.7. The third kappa shape index (κ3) is 15.7. The Hall–Kier alpha value is -5.86. The second-order valence-corrected chi connectivity index (χ2v) is 16.9. The number of aryl methyl sites for hydroxylation is 1. The van der Waals surface area contributed by atoms with Crippen molar-refractivity contribution in [3.63, 3.8) is 0 Å². The van der Waals surface area contributed by atoms with Crippen molar-refractivity contribution in [3.8, 4) is 44.5 Å². The molecule has 0 saturated heterocycles. The Labute approximate surface area is 492 Å². The van der Waals surface area contributed by atoms with E-state index in [1.165, 1.54) is 101 Å². The third-order valence-corrected chi connectivity index (χ3v) is 12.6. The molecule has 0 amide bonds. The van der Waals surface area contributed by atoms with Gasteiger partial charge in [-0.2, -0.15) is 0 Å². The van der Waals surface area contributed by atoms with Gasteiger partial charge in [0.05, 0.1) is 10.8 Å². The van der Waals surface area contributed by atoms with Crippen molar-refractivity contribution in [2.24, 2.45) is 11.5 Å². The lowest BCUT2D eigenvalue weighted by molar-refractivity contribution is 0.417. The van der Waals surface area contributed by atoms with Gasteiger partial charge in [-0.1, -0.05) is 323 Å². The van der Waals surface area contributed by atoms with Crippen LogP contribution in [0.1, 0.15) is 182 Å². The molecular formula is C73H104BBrN2O2. The predicted molar refractivity (Wildman–Crippen MR) is 361 cm³/mol. The maximum absolute atomic E-state index is 7.61. The molecule has 0 atom stereocenters. The summed E-state index contributed by atoms with van der Waals surface area (Å²) in [4.78, 5) is 0. The largest absolute Gasteiger partial charge is 0.448 e. The lowest BCUT2D eigenvalue weighted by Gasteiger charge is -2.30. The van der Waals surface area contributed by atoms with Gasteiger partial charge in [0.2, 0.25) is 0 Å². The summed E-state index contributed by atoms with van der Waals surface area (Å²) < 4.78 is 1.13. The van der Waals surface area contributed by atoms with Crippen molar-refractivity contribution in [1.82, 2.24) is 0 Å². The lowest BCUT2D eigenvalue weighted by Crippen LogP contribution is -2.25. The van der Waals surface area contributed by atoms with Gasteiger partial charge in [-0.3, -0.25) is 0 Å². The molecule has 4 aliphatic carbocycles. The quantitative estimate of drug-likeness (QED) is 0.114. The summed E-state index contributed by atoms with van der Waals surface area (Å²) in [6, 6.07) is 67.2. The molecule has 4 nitrogen and oxygen atoms in total. The first-order valence-corrected chi connectivity index (χ1v) is 30.2. The van der Waals surface area contributed by atoms with E-state index in [0.29, 0.717) is 0 Å².